The number of rotatable bonds is 8. The zero-order valence-corrected chi connectivity index (χ0v) is 14.0. The number of anilines is 2. The molecule has 0 aromatic heterocycles. The minimum absolute atomic E-state index is 0.0318. The fourth-order valence-corrected chi connectivity index (χ4v) is 2.38. The molecule has 4 heteroatoms. The molecule has 24 heavy (non-hydrogen) atoms. The molecule has 2 N–H and O–H groups in total. The van der Waals surface area contributed by atoms with Gasteiger partial charge < -0.3 is 10.6 Å². The molecule has 4 nitrogen and oxygen atoms in total. The van der Waals surface area contributed by atoms with Crippen molar-refractivity contribution < 1.29 is 9.59 Å². The molecule has 0 spiro atoms. The zero-order chi connectivity index (χ0) is 17.2. The molecule has 0 radical (unpaired) electrons. The van der Waals surface area contributed by atoms with Gasteiger partial charge in [0.25, 0.3) is 0 Å². The van der Waals surface area contributed by atoms with E-state index in [0.29, 0.717) is 12.8 Å². The number of unbranched alkanes of at least 4 members (excludes halogenated alkanes) is 2. The van der Waals surface area contributed by atoms with Crippen LogP contribution in [0.2, 0.25) is 0 Å². The highest BCUT2D eigenvalue weighted by molar-refractivity contribution is 5.93. The summed E-state index contributed by atoms with van der Waals surface area (Å²) in [7, 11) is 0. The molecule has 0 aliphatic heterocycles. The van der Waals surface area contributed by atoms with E-state index < -0.39 is 0 Å². The molecular formula is C20H24N2O2. The summed E-state index contributed by atoms with van der Waals surface area (Å²) in [5, 5.41) is 5.73. The van der Waals surface area contributed by atoms with Crippen molar-refractivity contribution in [1.29, 1.82) is 0 Å². The highest BCUT2D eigenvalue weighted by Crippen LogP contribution is 2.15. The fraction of sp³-hybridized carbons (Fsp3) is 0.300. The number of hydrogen-bond acceptors (Lipinski definition) is 2. The van der Waals surface area contributed by atoms with Crippen molar-refractivity contribution in [2.45, 2.75) is 39.0 Å². The van der Waals surface area contributed by atoms with Crippen molar-refractivity contribution in [3.8, 4) is 0 Å². The third-order valence-electron chi connectivity index (χ3n) is 3.67. The summed E-state index contributed by atoms with van der Waals surface area (Å²) < 4.78 is 0. The molecule has 2 aromatic rings. The quantitative estimate of drug-likeness (QED) is 0.708. The first-order valence-corrected chi connectivity index (χ1v) is 8.41. The Bertz CT molecular complexity index is 651. The van der Waals surface area contributed by atoms with Gasteiger partial charge in [-0.2, -0.15) is 0 Å². The van der Waals surface area contributed by atoms with E-state index in [1.54, 1.807) is 24.3 Å². The van der Waals surface area contributed by atoms with E-state index >= 15 is 0 Å². The van der Waals surface area contributed by atoms with Crippen LogP contribution in [0.5, 0.6) is 0 Å². The van der Waals surface area contributed by atoms with Gasteiger partial charge in [-0.3, -0.25) is 9.59 Å². The first kappa shape index (κ1) is 17.7. The number of nitrogens with one attached hydrogen (secondary N) is 2. The second-order valence-electron chi connectivity index (χ2n) is 5.79. The topological polar surface area (TPSA) is 58.2 Å². The molecule has 2 amide bonds. The highest BCUT2D eigenvalue weighted by atomic mass is 16.2. The largest absolute Gasteiger partial charge is 0.326 e. The van der Waals surface area contributed by atoms with Crippen LogP contribution >= 0.6 is 0 Å². The molecule has 0 saturated heterocycles. The van der Waals surface area contributed by atoms with Crippen LogP contribution in [-0.4, -0.2) is 11.8 Å². The maximum absolute atomic E-state index is 12.0. The van der Waals surface area contributed by atoms with Crippen LogP contribution in [0.4, 0.5) is 11.4 Å². The number of carbonyl (C=O) groups is 2. The first-order chi connectivity index (χ1) is 11.7. The van der Waals surface area contributed by atoms with Gasteiger partial charge in [0, 0.05) is 17.8 Å². The van der Waals surface area contributed by atoms with Crippen LogP contribution in [-0.2, 0) is 16.0 Å². The summed E-state index contributed by atoms with van der Waals surface area (Å²) in [5.74, 6) is -0.0261. The van der Waals surface area contributed by atoms with Gasteiger partial charge in [-0.1, -0.05) is 50.1 Å². The summed E-state index contributed by atoms with van der Waals surface area (Å²) in [6, 6.07) is 16.8. The van der Waals surface area contributed by atoms with E-state index in [4.69, 9.17) is 0 Å². The second-order valence-corrected chi connectivity index (χ2v) is 5.79. The first-order valence-electron chi connectivity index (χ1n) is 8.41. The zero-order valence-electron chi connectivity index (χ0n) is 14.0. The molecular weight excluding hydrogens is 300 g/mol. The summed E-state index contributed by atoms with van der Waals surface area (Å²) in [4.78, 5) is 23.8. The van der Waals surface area contributed by atoms with Crippen LogP contribution in [0.3, 0.4) is 0 Å². The van der Waals surface area contributed by atoms with Gasteiger partial charge in [0.2, 0.25) is 11.8 Å². The fourth-order valence-electron chi connectivity index (χ4n) is 2.38. The molecule has 0 heterocycles. The third-order valence-corrected chi connectivity index (χ3v) is 3.67. The second kappa shape index (κ2) is 9.50. The summed E-state index contributed by atoms with van der Waals surface area (Å²) in [5.41, 5.74) is 2.45. The van der Waals surface area contributed by atoms with E-state index in [9.17, 15) is 9.59 Å². The van der Waals surface area contributed by atoms with E-state index in [0.717, 1.165) is 36.2 Å². The van der Waals surface area contributed by atoms with Crippen molar-refractivity contribution >= 4 is 23.2 Å². The number of benzene rings is 2. The van der Waals surface area contributed by atoms with E-state index in [1.165, 1.54) is 0 Å². The molecule has 0 saturated carbocycles. The maximum atomic E-state index is 12.0. The molecule has 0 aliphatic rings. The predicted molar refractivity (Wildman–Crippen MR) is 98.0 cm³/mol. The molecule has 2 rings (SSSR count). The van der Waals surface area contributed by atoms with Gasteiger partial charge in [-0.25, -0.2) is 0 Å². The summed E-state index contributed by atoms with van der Waals surface area (Å²) >= 11 is 0. The Morgan fingerprint density at radius 1 is 0.792 bits per heavy atom. The average Bonchev–Trinajstić information content (AvgIpc) is 2.58. The summed E-state index contributed by atoms with van der Waals surface area (Å²) in [6.45, 7) is 2.11. The van der Waals surface area contributed by atoms with Crippen LogP contribution in [0.1, 0.15) is 38.2 Å². The Morgan fingerprint density at radius 2 is 1.38 bits per heavy atom. The number of hydrogen-bond donors (Lipinski definition) is 2. The van der Waals surface area contributed by atoms with E-state index in [-0.39, 0.29) is 11.8 Å². The van der Waals surface area contributed by atoms with Gasteiger partial charge >= 0.3 is 0 Å². The molecule has 0 atom stereocenters. The van der Waals surface area contributed by atoms with E-state index in [1.807, 2.05) is 30.3 Å². The lowest BCUT2D eigenvalue weighted by atomic mass is 10.1. The van der Waals surface area contributed by atoms with Crippen LogP contribution in [0.25, 0.3) is 0 Å². The monoisotopic (exact) mass is 324 g/mol. The average molecular weight is 324 g/mol. The highest BCUT2D eigenvalue weighted by Gasteiger charge is 2.05. The van der Waals surface area contributed by atoms with Crippen molar-refractivity contribution in [1.82, 2.24) is 0 Å². The molecule has 0 fully saturated rings. The van der Waals surface area contributed by atoms with Gasteiger partial charge in [0.05, 0.1) is 6.42 Å². The van der Waals surface area contributed by atoms with Crippen LogP contribution in [0.15, 0.2) is 54.6 Å². The lowest BCUT2D eigenvalue weighted by Gasteiger charge is -2.08. The third kappa shape index (κ3) is 6.24. The molecule has 0 aliphatic carbocycles. The summed E-state index contributed by atoms with van der Waals surface area (Å²) in [6.07, 6.45) is 3.97. The maximum Gasteiger partial charge on any atom is 0.228 e. The smallest absolute Gasteiger partial charge is 0.228 e. The number of amides is 2. The van der Waals surface area contributed by atoms with Gasteiger partial charge in [0.1, 0.15) is 0 Å². The van der Waals surface area contributed by atoms with Crippen molar-refractivity contribution in [2.24, 2.45) is 0 Å². The molecule has 126 valence electrons. The van der Waals surface area contributed by atoms with Crippen LogP contribution < -0.4 is 10.6 Å². The lowest BCUT2D eigenvalue weighted by Crippen LogP contribution is -2.14. The minimum Gasteiger partial charge on any atom is -0.326 e. The normalized spacial score (nSPS) is 10.2. The molecule has 0 bridgehead atoms. The Balaban J connectivity index is 1.81. The molecule has 0 unspecified atom stereocenters. The van der Waals surface area contributed by atoms with E-state index in [2.05, 4.69) is 17.6 Å². The van der Waals surface area contributed by atoms with Gasteiger partial charge in [-0.05, 0) is 36.2 Å². The minimum atomic E-state index is -0.0578. The van der Waals surface area contributed by atoms with Gasteiger partial charge in [-0.15, -0.1) is 0 Å². The molecule has 2 aromatic carbocycles. The Hall–Kier alpha value is -2.62. The number of carbonyl (C=O) groups excluding carboxylic acids is 2. The van der Waals surface area contributed by atoms with Crippen molar-refractivity contribution in [3.63, 3.8) is 0 Å². The Kier molecular flexibility index (Phi) is 7.02. The van der Waals surface area contributed by atoms with Crippen molar-refractivity contribution in [2.75, 3.05) is 10.6 Å². The Morgan fingerprint density at radius 3 is 1.96 bits per heavy atom. The lowest BCUT2D eigenvalue weighted by molar-refractivity contribution is -0.116. The SMILES string of the molecule is CCCCCC(=O)Nc1ccc(NC(=O)Cc2ccccc2)cc1. The van der Waals surface area contributed by atoms with Crippen LogP contribution in [0, 0.1) is 0 Å². The van der Waals surface area contributed by atoms with Gasteiger partial charge in [0.15, 0.2) is 0 Å². The standard InChI is InChI=1S/C20H24N2O2/c1-2-3-5-10-19(23)21-17-11-13-18(14-12-17)22-20(24)15-16-8-6-4-7-9-16/h4,6-9,11-14H,2-3,5,10,15H2,1H3,(H,21,23)(H,22,24). The Labute approximate surface area is 143 Å². The predicted octanol–water partition coefficient (Wildman–Crippen LogP) is 4.39. The van der Waals surface area contributed by atoms with Crippen molar-refractivity contribution in [3.05, 3.63) is 60.2 Å².